The summed E-state index contributed by atoms with van der Waals surface area (Å²) in [5, 5.41) is 12.6. The Morgan fingerprint density at radius 1 is 1.50 bits per heavy atom. The lowest BCUT2D eigenvalue weighted by atomic mass is 10.2. The van der Waals surface area contributed by atoms with Gasteiger partial charge in [-0.15, -0.1) is 12.4 Å². The number of halogens is 2. The smallest absolute Gasteiger partial charge is 0.244 e. The molecule has 1 atom stereocenters. The monoisotopic (exact) mass is 363 g/mol. The molecule has 1 aliphatic rings. The number of benzene rings is 1. The average molecular weight is 364 g/mol. The third kappa shape index (κ3) is 3.73. The number of hydrogen-bond acceptors (Lipinski definition) is 4. The Morgan fingerprint density at radius 2 is 2.23 bits per heavy atom. The molecule has 8 heteroatoms. The van der Waals surface area contributed by atoms with Crippen LogP contribution in [-0.4, -0.2) is 38.4 Å². The Labute approximate surface area is 142 Å². The van der Waals surface area contributed by atoms with E-state index in [2.05, 4.69) is 5.32 Å². The van der Waals surface area contributed by atoms with Crippen LogP contribution in [0.1, 0.15) is 25.3 Å². The van der Waals surface area contributed by atoms with Crippen molar-refractivity contribution in [3.63, 3.8) is 0 Å². The van der Waals surface area contributed by atoms with E-state index >= 15 is 0 Å². The van der Waals surface area contributed by atoms with E-state index in [1.165, 1.54) is 16.4 Å². The van der Waals surface area contributed by atoms with E-state index < -0.39 is 10.0 Å². The summed E-state index contributed by atoms with van der Waals surface area (Å²) in [5.74, 6) is 0. The number of hydrogen-bond donors (Lipinski definition) is 1. The van der Waals surface area contributed by atoms with Crippen LogP contribution in [0.4, 0.5) is 0 Å². The van der Waals surface area contributed by atoms with Crippen LogP contribution in [0.2, 0.25) is 5.02 Å². The lowest BCUT2D eigenvalue weighted by Gasteiger charge is -2.27. The number of rotatable bonds is 5. The molecule has 22 heavy (non-hydrogen) atoms. The maximum Gasteiger partial charge on any atom is 0.244 e. The maximum absolute atomic E-state index is 12.9. The van der Waals surface area contributed by atoms with Gasteiger partial charge in [0.1, 0.15) is 11.0 Å². The van der Waals surface area contributed by atoms with Crippen molar-refractivity contribution in [2.24, 2.45) is 0 Å². The second-order valence-electron chi connectivity index (χ2n) is 4.99. The van der Waals surface area contributed by atoms with Gasteiger partial charge in [0, 0.05) is 19.1 Å². The molecule has 0 saturated carbocycles. The Morgan fingerprint density at radius 3 is 2.77 bits per heavy atom. The maximum atomic E-state index is 12.9. The fourth-order valence-corrected chi connectivity index (χ4v) is 4.74. The summed E-state index contributed by atoms with van der Waals surface area (Å²) in [7, 11) is -3.73. The Hall–Kier alpha value is -0.840. The topological polar surface area (TPSA) is 73.2 Å². The lowest BCUT2D eigenvalue weighted by Crippen LogP contribution is -2.42. The highest BCUT2D eigenvalue weighted by atomic mass is 35.5. The molecule has 122 valence electrons. The van der Waals surface area contributed by atoms with Gasteiger partial charge in [-0.1, -0.05) is 24.6 Å². The van der Waals surface area contributed by atoms with Crippen molar-refractivity contribution in [3.05, 3.63) is 28.8 Å². The van der Waals surface area contributed by atoms with Gasteiger partial charge in [0.05, 0.1) is 10.6 Å². The summed E-state index contributed by atoms with van der Waals surface area (Å²) in [6.45, 7) is 3.82. The molecule has 0 spiro atoms. The largest absolute Gasteiger partial charge is 0.315 e. The van der Waals surface area contributed by atoms with Crippen LogP contribution in [0.25, 0.3) is 0 Å². The van der Waals surface area contributed by atoms with E-state index in [9.17, 15) is 13.7 Å². The van der Waals surface area contributed by atoms with Gasteiger partial charge in [-0.3, -0.25) is 0 Å². The molecule has 0 bridgehead atoms. The van der Waals surface area contributed by atoms with E-state index in [1.807, 2.05) is 13.0 Å². The van der Waals surface area contributed by atoms with Crippen molar-refractivity contribution >= 4 is 34.0 Å². The van der Waals surface area contributed by atoms with Crippen molar-refractivity contribution in [2.75, 3.05) is 19.6 Å². The van der Waals surface area contributed by atoms with Crippen molar-refractivity contribution in [2.45, 2.75) is 30.7 Å². The quantitative estimate of drug-likeness (QED) is 0.871. The number of nitrogens with zero attached hydrogens (tertiary/aromatic N) is 2. The molecular weight excluding hydrogens is 345 g/mol. The molecule has 0 aromatic heterocycles. The van der Waals surface area contributed by atoms with Gasteiger partial charge in [-0.2, -0.15) is 9.57 Å². The van der Waals surface area contributed by atoms with Crippen molar-refractivity contribution in [1.29, 1.82) is 5.26 Å². The van der Waals surface area contributed by atoms with Gasteiger partial charge in [0.2, 0.25) is 10.0 Å². The van der Waals surface area contributed by atoms with E-state index in [0.717, 1.165) is 19.4 Å². The molecule has 0 amide bonds. The van der Waals surface area contributed by atoms with Gasteiger partial charge < -0.3 is 5.32 Å². The minimum absolute atomic E-state index is 0. The number of nitriles is 1. The average Bonchev–Trinajstić information content (AvgIpc) is 2.98. The third-order valence-corrected chi connectivity index (χ3v) is 5.87. The number of nitrogens with one attached hydrogen (secondary N) is 1. The first-order chi connectivity index (χ1) is 10.0. The first kappa shape index (κ1) is 19.2. The first-order valence-corrected chi connectivity index (χ1v) is 8.75. The lowest BCUT2D eigenvalue weighted by molar-refractivity contribution is 0.335. The molecule has 1 heterocycles. The molecule has 1 N–H and O–H groups in total. The van der Waals surface area contributed by atoms with Gasteiger partial charge in [-0.25, -0.2) is 8.42 Å². The molecule has 2 rings (SSSR count). The van der Waals surface area contributed by atoms with Crippen molar-refractivity contribution < 1.29 is 8.42 Å². The van der Waals surface area contributed by atoms with Crippen molar-refractivity contribution in [3.8, 4) is 6.07 Å². The minimum atomic E-state index is -3.73. The van der Waals surface area contributed by atoms with Crippen LogP contribution in [-0.2, 0) is 10.0 Å². The fourth-order valence-electron chi connectivity index (χ4n) is 2.56. The summed E-state index contributed by atoms with van der Waals surface area (Å²) in [6.07, 6.45) is 1.50. The molecule has 1 aromatic carbocycles. The first-order valence-electron chi connectivity index (χ1n) is 6.93. The van der Waals surface area contributed by atoms with Gasteiger partial charge >= 0.3 is 0 Å². The second-order valence-corrected chi connectivity index (χ2v) is 7.25. The third-order valence-electron chi connectivity index (χ3n) is 3.56. The van der Waals surface area contributed by atoms with Crippen LogP contribution < -0.4 is 5.32 Å². The van der Waals surface area contributed by atoms with E-state index in [0.29, 0.717) is 13.1 Å². The van der Waals surface area contributed by atoms with E-state index in [-0.39, 0.29) is 33.9 Å². The molecular formula is C14H19Cl2N3O2S. The van der Waals surface area contributed by atoms with Crippen LogP contribution >= 0.6 is 24.0 Å². The normalized spacial score (nSPS) is 18.0. The van der Waals surface area contributed by atoms with Crippen LogP contribution in [0.15, 0.2) is 23.1 Å². The molecule has 0 aliphatic carbocycles. The predicted molar refractivity (Wildman–Crippen MR) is 88.9 cm³/mol. The highest BCUT2D eigenvalue weighted by molar-refractivity contribution is 7.89. The summed E-state index contributed by atoms with van der Waals surface area (Å²) in [5.41, 5.74) is 0.0197. The fraction of sp³-hybridized carbons (Fsp3) is 0.500. The van der Waals surface area contributed by atoms with E-state index in [4.69, 9.17) is 11.6 Å². The standard InChI is InChI=1S/C14H18ClN3O2S.ClH/c1-2-8-18(11-6-7-17-10-11)21(19,20)14-5-3-4-13(15)12(14)9-16;/h3-5,11,17H,2,6-8,10H2,1H3;1H. The summed E-state index contributed by atoms with van der Waals surface area (Å²) in [4.78, 5) is -0.00199. The summed E-state index contributed by atoms with van der Waals surface area (Å²) < 4.78 is 27.4. The van der Waals surface area contributed by atoms with Crippen LogP contribution in [0, 0.1) is 11.3 Å². The van der Waals surface area contributed by atoms with E-state index in [1.54, 1.807) is 6.07 Å². The molecule has 1 fully saturated rings. The molecule has 1 saturated heterocycles. The zero-order chi connectivity index (χ0) is 15.5. The predicted octanol–water partition coefficient (Wildman–Crippen LogP) is 2.40. The summed E-state index contributed by atoms with van der Waals surface area (Å²) >= 11 is 5.96. The van der Waals surface area contributed by atoms with Gasteiger partial charge in [-0.05, 0) is 31.5 Å². The number of sulfonamides is 1. The molecule has 1 unspecified atom stereocenters. The molecule has 0 radical (unpaired) electrons. The molecule has 1 aliphatic heterocycles. The Bertz CT molecular complexity index is 653. The Balaban J connectivity index is 0.00000242. The van der Waals surface area contributed by atoms with Gasteiger partial charge in [0.25, 0.3) is 0 Å². The van der Waals surface area contributed by atoms with Crippen LogP contribution in [0.5, 0.6) is 0 Å². The van der Waals surface area contributed by atoms with Crippen molar-refractivity contribution in [1.82, 2.24) is 9.62 Å². The SMILES string of the molecule is CCCN(C1CCNC1)S(=O)(=O)c1cccc(Cl)c1C#N.Cl. The zero-order valence-electron chi connectivity index (χ0n) is 12.3. The molecule has 5 nitrogen and oxygen atoms in total. The minimum Gasteiger partial charge on any atom is -0.315 e. The highest BCUT2D eigenvalue weighted by Crippen LogP contribution is 2.28. The van der Waals surface area contributed by atoms with Crippen LogP contribution in [0.3, 0.4) is 0 Å². The summed E-state index contributed by atoms with van der Waals surface area (Å²) in [6, 6.07) is 6.38. The zero-order valence-corrected chi connectivity index (χ0v) is 14.6. The second kappa shape index (κ2) is 8.14. The Kier molecular flexibility index (Phi) is 7.10. The highest BCUT2D eigenvalue weighted by Gasteiger charge is 2.34. The van der Waals surface area contributed by atoms with Gasteiger partial charge in [0.15, 0.2) is 0 Å². The molecule has 1 aromatic rings.